The van der Waals surface area contributed by atoms with E-state index in [4.69, 9.17) is 18.9 Å². The molecule has 0 aromatic heterocycles. The molecule has 0 fully saturated rings. The Hall–Kier alpha value is -1.80. The standard InChI is InChI=1S/C46H86O8/c1-8-10-12-14-16-18-20-22-24-26-28-31-40(47)35-36-41(54-44(50)33-29-27-25-23-21-19-17-15-13-11-9-2)39-52-43(49)34-30-32-42(48)46(5,6)53-38-37-45(3,4)51-7/h41H,8-39H2,1-7H3. The molecule has 0 aliphatic carbocycles. The van der Waals surface area contributed by atoms with Crippen molar-refractivity contribution in [1.82, 2.24) is 0 Å². The summed E-state index contributed by atoms with van der Waals surface area (Å²) in [5.41, 5.74) is -1.29. The van der Waals surface area contributed by atoms with Crippen molar-refractivity contribution in [3.8, 4) is 0 Å². The number of ketones is 2. The Balaban J connectivity index is 4.64. The fourth-order valence-corrected chi connectivity index (χ4v) is 6.47. The third-order valence-corrected chi connectivity index (χ3v) is 10.7. The van der Waals surface area contributed by atoms with E-state index >= 15 is 0 Å². The fraction of sp³-hybridized carbons (Fsp3) is 0.913. The minimum atomic E-state index is -0.957. The van der Waals surface area contributed by atoms with E-state index in [-0.39, 0.29) is 42.6 Å². The van der Waals surface area contributed by atoms with E-state index in [1.807, 2.05) is 13.8 Å². The topological polar surface area (TPSA) is 105 Å². The van der Waals surface area contributed by atoms with Crippen molar-refractivity contribution >= 4 is 23.5 Å². The molecule has 0 saturated heterocycles. The second kappa shape index (κ2) is 34.4. The number of unbranched alkanes of at least 4 members (excludes halogenated alkanes) is 20. The molecule has 8 heteroatoms. The number of carbonyl (C=O) groups excluding carboxylic acids is 4. The summed E-state index contributed by atoms with van der Waals surface area (Å²) in [7, 11) is 1.65. The van der Waals surface area contributed by atoms with Crippen molar-refractivity contribution in [2.24, 2.45) is 0 Å². The van der Waals surface area contributed by atoms with Crippen molar-refractivity contribution in [2.45, 2.75) is 251 Å². The molecule has 0 aromatic carbocycles. The third-order valence-electron chi connectivity index (χ3n) is 10.7. The molecule has 0 radical (unpaired) electrons. The number of Topliss-reactive ketones (excluding diaryl/α,β-unsaturated/α-hetero) is 2. The van der Waals surface area contributed by atoms with E-state index in [2.05, 4.69) is 13.8 Å². The molecule has 0 amide bonds. The molecule has 0 rings (SSSR count). The van der Waals surface area contributed by atoms with Crippen LogP contribution in [0.15, 0.2) is 0 Å². The SMILES string of the molecule is CCCCCCCCCCCCCC(=O)CCC(COC(=O)CCCC(=O)C(C)(C)OCCC(C)(C)OC)OC(=O)CCCCCCCCCCCCC. The van der Waals surface area contributed by atoms with Gasteiger partial charge in [0.1, 0.15) is 24.1 Å². The van der Waals surface area contributed by atoms with E-state index in [0.717, 1.165) is 32.1 Å². The van der Waals surface area contributed by atoms with Crippen LogP contribution in [0.2, 0.25) is 0 Å². The number of carbonyl (C=O) groups is 4. The Labute approximate surface area is 332 Å². The summed E-state index contributed by atoms with van der Waals surface area (Å²) in [6.45, 7) is 12.3. The van der Waals surface area contributed by atoms with Crippen LogP contribution in [-0.4, -0.2) is 61.1 Å². The van der Waals surface area contributed by atoms with Gasteiger partial charge in [0.25, 0.3) is 0 Å². The maximum Gasteiger partial charge on any atom is 0.306 e. The van der Waals surface area contributed by atoms with Gasteiger partial charge in [0, 0.05) is 39.2 Å². The van der Waals surface area contributed by atoms with Gasteiger partial charge in [-0.1, -0.05) is 142 Å². The van der Waals surface area contributed by atoms with Gasteiger partial charge in [-0.15, -0.1) is 0 Å². The second-order valence-electron chi connectivity index (χ2n) is 16.8. The predicted octanol–water partition coefficient (Wildman–Crippen LogP) is 12.5. The summed E-state index contributed by atoms with van der Waals surface area (Å²) < 4.78 is 22.6. The first kappa shape index (κ1) is 52.2. The Kier molecular flexibility index (Phi) is 33.3. The van der Waals surface area contributed by atoms with Crippen LogP contribution in [0, 0.1) is 0 Å². The highest BCUT2D eigenvalue weighted by molar-refractivity contribution is 5.86. The van der Waals surface area contributed by atoms with Crippen molar-refractivity contribution < 1.29 is 38.1 Å². The molecule has 1 unspecified atom stereocenters. The minimum absolute atomic E-state index is 0.0731. The van der Waals surface area contributed by atoms with Gasteiger partial charge in [-0.3, -0.25) is 19.2 Å². The van der Waals surface area contributed by atoms with Gasteiger partial charge in [0.05, 0.1) is 12.2 Å². The monoisotopic (exact) mass is 767 g/mol. The third kappa shape index (κ3) is 32.4. The van der Waals surface area contributed by atoms with Crippen LogP contribution < -0.4 is 0 Å². The van der Waals surface area contributed by atoms with E-state index in [0.29, 0.717) is 45.1 Å². The van der Waals surface area contributed by atoms with Crippen LogP contribution in [-0.2, 0) is 38.1 Å². The summed E-state index contributed by atoms with van der Waals surface area (Å²) >= 11 is 0. The first-order valence-electron chi connectivity index (χ1n) is 22.5. The minimum Gasteiger partial charge on any atom is -0.462 e. The van der Waals surface area contributed by atoms with Crippen molar-refractivity contribution in [1.29, 1.82) is 0 Å². The van der Waals surface area contributed by atoms with E-state index in [1.54, 1.807) is 21.0 Å². The molecule has 0 spiro atoms. The molecule has 318 valence electrons. The maximum absolute atomic E-state index is 12.8. The number of hydrogen-bond acceptors (Lipinski definition) is 8. The van der Waals surface area contributed by atoms with Gasteiger partial charge >= 0.3 is 11.9 Å². The summed E-state index contributed by atoms with van der Waals surface area (Å²) in [6, 6.07) is 0. The highest BCUT2D eigenvalue weighted by Gasteiger charge is 2.29. The molecular weight excluding hydrogens is 680 g/mol. The summed E-state index contributed by atoms with van der Waals surface area (Å²) in [5, 5.41) is 0. The van der Waals surface area contributed by atoms with E-state index in [1.165, 1.54) is 109 Å². The normalized spacial score (nSPS) is 12.5. The Morgan fingerprint density at radius 2 is 0.963 bits per heavy atom. The molecule has 8 nitrogen and oxygen atoms in total. The predicted molar refractivity (Wildman–Crippen MR) is 222 cm³/mol. The van der Waals surface area contributed by atoms with Crippen LogP contribution in [0.25, 0.3) is 0 Å². The number of methoxy groups -OCH3 is 1. The fourth-order valence-electron chi connectivity index (χ4n) is 6.47. The molecule has 54 heavy (non-hydrogen) atoms. The van der Waals surface area contributed by atoms with Crippen molar-refractivity contribution in [3.63, 3.8) is 0 Å². The van der Waals surface area contributed by atoms with Gasteiger partial charge in [-0.25, -0.2) is 0 Å². The van der Waals surface area contributed by atoms with Crippen LogP contribution in [0.1, 0.15) is 234 Å². The second-order valence-corrected chi connectivity index (χ2v) is 16.8. The first-order valence-corrected chi connectivity index (χ1v) is 22.5. The van der Waals surface area contributed by atoms with Gasteiger partial charge in [-0.05, 0) is 59.8 Å². The molecule has 0 aliphatic rings. The molecular formula is C46H86O8. The quantitative estimate of drug-likeness (QED) is 0.0448. The summed E-state index contributed by atoms with van der Waals surface area (Å²) in [5.74, 6) is -0.651. The van der Waals surface area contributed by atoms with E-state index < -0.39 is 17.7 Å². The Morgan fingerprint density at radius 1 is 0.519 bits per heavy atom. The van der Waals surface area contributed by atoms with Gasteiger partial charge < -0.3 is 18.9 Å². The zero-order chi connectivity index (χ0) is 40.3. The molecule has 0 bridgehead atoms. The zero-order valence-electron chi connectivity index (χ0n) is 36.5. The summed E-state index contributed by atoms with van der Waals surface area (Å²) in [6.07, 6.45) is 29.0. The average molecular weight is 767 g/mol. The van der Waals surface area contributed by atoms with E-state index in [9.17, 15) is 19.2 Å². The smallest absolute Gasteiger partial charge is 0.306 e. The van der Waals surface area contributed by atoms with Crippen LogP contribution in [0.5, 0.6) is 0 Å². The number of hydrogen-bond donors (Lipinski definition) is 0. The molecule has 0 saturated carbocycles. The molecule has 0 N–H and O–H groups in total. The lowest BCUT2D eigenvalue weighted by Gasteiger charge is -2.28. The molecule has 0 aromatic rings. The highest BCUT2D eigenvalue weighted by atomic mass is 16.6. The van der Waals surface area contributed by atoms with Crippen LogP contribution in [0.3, 0.4) is 0 Å². The molecule has 0 heterocycles. The Bertz CT molecular complexity index is 943. The van der Waals surface area contributed by atoms with Gasteiger partial charge in [-0.2, -0.15) is 0 Å². The van der Waals surface area contributed by atoms with Gasteiger partial charge in [0.2, 0.25) is 0 Å². The lowest BCUT2D eigenvalue weighted by Crippen LogP contribution is -2.37. The first-order chi connectivity index (χ1) is 25.9. The molecule has 1 atom stereocenters. The lowest BCUT2D eigenvalue weighted by molar-refractivity contribution is -0.160. The maximum atomic E-state index is 12.8. The number of rotatable bonds is 40. The summed E-state index contributed by atoms with van der Waals surface area (Å²) in [4.78, 5) is 51.0. The van der Waals surface area contributed by atoms with Crippen molar-refractivity contribution in [3.05, 3.63) is 0 Å². The molecule has 0 aliphatic heterocycles. The van der Waals surface area contributed by atoms with Crippen LogP contribution in [0.4, 0.5) is 0 Å². The Morgan fingerprint density at radius 3 is 1.44 bits per heavy atom. The van der Waals surface area contributed by atoms with Crippen molar-refractivity contribution in [2.75, 3.05) is 20.3 Å². The number of esters is 2. The average Bonchev–Trinajstić information content (AvgIpc) is 3.13. The number of ether oxygens (including phenoxy) is 4. The lowest BCUT2D eigenvalue weighted by atomic mass is 9.98. The zero-order valence-corrected chi connectivity index (χ0v) is 36.5. The van der Waals surface area contributed by atoms with Crippen LogP contribution >= 0.6 is 0 Å². The van der Waals surface area contributed by atoms with Gasteiger partial charge in [0.15, 0.2) is 5.78 Å². The largest absolute Gasteiger partial charge is 0.462 e. The highest BCUT2D eigenvalue weighted by Crippen LogP contribution is 2.20.